The summed E-state index contributed by atoms with van der Waals surface area (Å²) in [6, 6.07) is 11.2. The molecule has 0 amide bonds. The Kier molecular flexibility index (Phi) is 10.7. The second-order valence-corrected chi connectivity index (χ2v) is 22.6. The van der Waals surface area contributed by atoms with Crippen molar-refractivity contribution < 1.29 is 0 Å². The maximum atomic E-state index is 2.98. The van der Waals surface area contributed by atoms with Gasteiger partial charge in [0.25, 0.3) is 0 Å². The molecular weight excluding hydrogens is 421 g/mol. The Hall–Kier alpha value is -0.0213. The first-order chi connectivity index (χ1) is 12.8. The third-order valence-electron chi connectivity index (χ3n) is 6.69. The standard InChI is InChI=1S/C12H16N.3C4H9.Sn/c1-2-6-12(7-3-1)8-11-13-9-4-5-10-13;3*1-3-4-2;/h1-3,6-7,9H,4-5,8,10-11H2;3*1,3-4H2,2H3;. The quantitative estimate of drug-likeness (QED) is 0.282. The van der Waals surface area contributed by atoms with Gasteiger partial charge < -0.3 is 0 Å². The zero-order valence-corrected chi connectivity index (χ0v) is 20.7. The summed E-state index contributed by atoms with van der Waals surface area (Å²) in [6.45, 7) is 9.88. The summed E-state index contributed by atoms with van der Waals surface area (Å²) in [6.07, 6.45) is 12.9. The zero-order valence-electron chi connectivity index (χ0n) is 17.8. The summed E-state index contributed by atoms with van der Waals surface area (Å²) in [5.74, 6) is 0. The Balaban J connectivity index is 2.10. The summed E-state index contributed by atoms with van der Waals surface area (Å²) >= 11 is -2.11. The third-order valence-corrected chi connectivity index (χ3v) is 24.1. The van der Waals surface area contributed by atoms with Crippen LogP contribution < -0.4 is 0 Å². The summed E-state index contributed by atoms with van der Waals surface area (Å²) in [4.78, 5) is 2.98. The Bertz CT molecular complexity index is 451. The predicted molar refractivity (Wildman–Crippen MR) is 120 cm³/mol. The van der Waals surface area contributed by atoms with E-state index in [0.717, 1.165) is 4.06 Å². The van der Waals surface area contributed by atoms with E-state index in [2.05, 4.69) is 56.0 Å². The van der Waals surface area contributed by atoms with E-state index >= 15 is 0 Å². The van der Waals surface area contributed by atoms with Crippen molar-refractivity contribution in [1.29, 1.82) is 0 Å². The molecule has 0 aromatic heterocycles. The molecule has 1 aliphatic rings. The third kappa shape index (κ3) is 6.55. The summed E-state index contributed by atoms with van der Waals surface area (Å²) < 4.78 is 6.03. The van der Waals surface area contributed by atoms with Crippen LogP contribution in [-0.4, -0.2) is 40.4 Å². The van der Waals surface area contributed by atoms with Crippen molar-refractivity contribution in [1.82, 2.24) is 4.90 Å². The Morgan fingerprint density at radius 3 is 2.00 bits per heavy atom. The predicted octanol–water partition coefficient (Wildman–Crippen LogP) is 7.08. The van der Waals surface area contributed by atoms with Crippen molar-refractivity contribution in [3.63, 3.8) is 0 Å². The average molecular weight is 464 g/mol. The molecule has 1 aromatic rings. The Labute approximate surface area is 167 Å². The molecule has 26 heavy (non-hydrogen) atoms. The van der Waals surface area contributed by atoms with E-state index in [0.29, 0.717) is 0 Å². The zero-order chi connectivity index (χ0) is 18.7. The molecule has 1 saturated heterocycles. The molecule has 1 aliphatic heterocycles. The molecular formula is C24H43NSn. The van der Waals surface area contributed by atoms with Crippen LogP contribution in [0.25, 0.3) is 0 Å². The molecule has 1 heterocycles. The molecule has 2 rings (SSSR count). The van der Waals surface area contributed by atoms with Crippen LogP contribution >= 0.6 is 0 Å². The van der Waals surface area contributed by atoms with Gasteiger partial charge in [-0.3, -0.25) is 0 Å². The van der Waals surface area contributed by atoms with Gasteiger partial charge in [0.05, 0.1) is 0 Å². The van der Waals surface area contributed by atoms with E-state index < -0.39 is 18.4 Å². The van der Waals surface area contributed by atoms with Crippen LogP contribution in [0.4, 0.5) is 0 Å². The van der Waals surface area contributed by atoms with Crippen LogP contribution in [0, 0.1) is 0 Å². The number of nitrogens with zero attached hydrogens (tertiary/aromatic N) is 1. The first kappa shape index (κ1) is 22.3. The van der Waals surface area contributed by atoms with E-state index in [1.54, 1.807) is 13.3 Å². The Morgan fingerprint density at radius 2 is 1.46 bits per heavy atom. The van der Waals surface area contributed by atoms with Gasteiger partial charge in [-0.2, -0.15) is 0 Å². The number of rotatable bonds is 13. The van der Waals surface area contributed by atoms with Gasteiger partial charge in [-0.1, -0.05) is 0 Å². The van der Waals surface area contributed by atoms with Crippen molar-refractivity contribution in [3.05, 3.63) is 35.9 Å². The molecule has 0 radical (unpaired) electrons. The van der Waals surface area contributed by atoms with Gasteiger partial charge in [-0.05, 0) is 0 Å². The molecule has 0 aliphatic carbocycles. The number of hydrogen-bond acceptors (Lipinski definition) is 1. The Morgan fingerprint density at radius 1 is 0.885 bits per heavy atom. The summed E-state index contributed by atoms with van der Waals surface area (Å²) in [7, 11) is 0. The van der Waals surface area contributed by atoms with Crippen LogP contribution in [0.15, 0.2) is 30.3 Å². The SMILES string of the molecule is CCC[CH2][Sn]([CH2]CCC)([CH2]CCC)[C@H]1CCCN1CCc1ccccc1. The van der Waals surface area contributed by atoms with Gasteiger partial charge in [0, 0.05) is 0 Å². The van der Waals surface area contributed by atoms with Crippen molar-refractivity contribution in [2.24, 2.45) is 0 Å². The van der Waals surface area contributed by atoms with Crippen LogP contribution in [0.5, 0.6) is 0 Å². The topological polar surface area (TPSA) is 3.24 Å². The fourth-order valence-corrected chi connectivity index (χ4v) is 24.5. The molecule has 0 bridgehead atoms. The fourth-order valence-electron chi connectivity index (χ4n) is 5.17. The maximum absolute atomic E-state index is 2.98. The second-order valence-electron chi connectivity index (χ2n) is 8.60. The number of hydrogen-bond donors (Lipinski definition) is 0. The van der Waals surface area contributed by atoms with Crippen molar-refractivity contribution >= 4 is 18.4 Å². The number of unbranched alkanes of at least 4 members (excludes halogenated alkanes) is 3. The normalized spacial score (nSPS) is 18.5. The van der Waals surface area contributed by atoms with Crippen LogP contribution in [0.2, 0.25) is 13.3 Å². The van der Waals surface area contributed by atoms with E-state index in [9.17, 15) is 0 Å². The number of likely N-dealkylation sites (tertiary alicyclic amines) is 1. The minimum absolute atomic E-state index is 1.04. The number of benzene rings is 1. The van der Waals surface area contributed by atoms with Crippen LogP contribution in [0.3, 0.4) is 0 Å². The second kappa shape index (κ2) is 12.4. The molecule has 0 unspecified atom stereocenters. The summed E-state index contributed by atoms with van der Waals surface area (Å²) in [5.41, 5.74) is 1.52. The molecule has 0 spiro atoms. The van der Waals surface area contributed by atoms with Gasteiger partial charge in [0.1, 0.15) is 0 Å². The molecule has 1 aromatic carbocycles. The van der Waals surface area contributed by atoms with E-state index in [1.807, 2.05) is 0 Å². The molecule has 0 N–H and O–H groups in total. The fraction of sp³-hybridized carbons (Fsp3) is 0.750. The van der Waals surface area contributed by atoms with Crippen molar-refractivity contribution in [2.45, 2.75) is 95.9 Å². The summed E-state index contributed by atoms with van der Waals surface area (Å²) in [5, 5.41) is 0. The van der Waals surface area contributed by atoms with Crippen LogP contribution in [0.1, 0.15) is 77.7 Å². The monoisotopic (exact) mass is 465 g/mol. The van der Waals surface area contributed by atoms with Gasteiger partial charge in [0.15, 0.2) is 0 Å². The first-order valence-corrected chi connectivity index (χ1v) is 19.2. The molecule has 2 heteroatoms. The van der Waals surface area contributed by atoms with Gasteiger partial charge in [-0.25, -0.2) is 0 Å². The van der Waals surface area contributed by atoms with Gasteiger partial charge >= 0.3 is 168 Å². The molecule has 0 saturated carbocycles. The van der Waals surface area contributed by atoms with Gasteiger partial charge in [0.2, 0.25) is 0 Å². The molecule has 1 fully saturated rings. The average Bonchev–Trinajstić information content (AvgIpc) is 3.16. The molecule has 148 valence electrons. The van der Waals surface area contributed by atoms with Crippen molar-refractivity contribution in [2.75, 3.05) is 13.1 Å². The van der Waals surface area contributed by atoms with E-state index in [4.69, 9.17) is 0 Å². The van der Waals surface area contributed by atoms with E-state index in [-0.39, 0.29) is 0 Å². The van der Waals surface area contributed by atoms with E-state index in [1.165, 1.54) is 76.4 Å². The molecule has 1 nitrogen and oxygen atoms in total. The van der Waals surface area contributed by atoms with Gasteiger partial charge in [-0.15, -0.1) is 0 Å². The first-order valence-electron chi connectivity index (χ1n) is 11.5. The van der Waals surface area contributed by atoms with Crippen molar-refractivity contribution in [3.8, 4) is 0 Å². The minimum atomic E-state index is -2.11. The molecule has 1 atom stereocenters. The van der Waals surface area contributed by atoms with Crippen LogP contribution in [-0.2, 0) is 6.42 Å².